The van der Waals surface area contributed by atoms with Crippen molar-refractivity contribution in [2.75, 3.05) is 14.2 Å². The summed E-state index contributed by atoms with van der Waals surface area (Å²) in [6, 6.07) is 22.2. The van der Waals surface area contributed by atoms with E-state index in [1.165, 1.54) is 5.56 Å². The molecule has 28 heavy (non-hydrogen) atoms. The minimum atomic E-state index is 0.729. The van der Waals surface area contributed by atoms with Crippen LogP contribution in [0.3, 0.4) is 0 Å². The number of nitrogens with zero attached hydrogens (tertiary/aromatic N) is 1. The first kappa shape index (κ1) is 16.6. The van der Waals surface area contributed by atoms with Gasteiger partial charge in [0.2, 0.25) is 0 Å². The molecule has 0 amide bonds. The number of hydrogen-bond donors (Lipinski definition) is 0. The molecule has 4 nitrogen and oxygen atoms in total. The monoisotopic (exact) mass is 369 g/mol. The van der Waals surface area contributed by atoms with E-state index in [4.69, 9.17) is 18.9 Å². The summed E-state index contributed by atoms with van der Waals surface area (Å²) in [6.07, 6.45) is 0.729. The van der Waals surface area contributed by atoms with Gasteiger partial charge in [0.1, 0.15) is 28.1 Å². The smallest absolute Gasteiger partial charge is 0.158 e. The largest absolute Gasteiger partial charge is 0.497 e. The molecule has 0 saturated carbocycles. The number of furan rings is 1. The van der Waals surface area contributed by atoms with Gasteiger partial charge in [0.05, 0.1) is 14.2 Å². The average Bonchev–Trinajstić information content (AvgIpc) is 3.12. The Kier molecular flexibility index (Phi) is 3.90. The summed E-state index contributed by atoms with van der Waals surface area (Å²) < 4.78 is 17.1. The first-order chi connectivity index (χ1) is 13.8. The molecular formula is C24H19NO3. The van der Waals surface area contributed by atoms with E-state index >= 15 is 0 Å². The van der Waals surface area contributed by atoms with Crippen LogP contribution in [-0.4, -0.2) is 19.2 Å². The van der Waals surface area contributed by atoms with Crippen LogP contribution in [0.15, 0.2) is 71.1 Å². The molecule has 0 radical (unpaired) electrons. The summed E-state index contributed by atoms with van der Waals surface area (Å²) in [6.45, 7) is 0. The Bertz CT molecular complexity index is 1300. The zero-order chi connectivity index (χ0) is 19.1. The Labute approximate surface area is 162 Å². The molecule has 5 aromatic rings. The number of pyridine rings is 1. The van der Waals surface area contributed by atoms with E-state index in [2.05, 4.69) is 18.2 Å². The Hall–Kier alpha value is -3.53. The van der Waals surface area contributed by atoms with Crippen LogP contribution in [0.1, 0.15) is 11.1 Å². The van der Waals surface area contributed by atoms with Crippen LogP contribution < -0.4 is 9.47 Å². The van der Waals surface area contributed by atoms with Crippen molar-refractivity contribution in [1.29, 1.82) is 0 Å². The fourth-order valence-electron chi connectivity index (χ4n) is 3.75. The SMILES string of the molecule is COc1ccc(Cc2c3cccc(OC)c3nc3c2oc2ccccc23)cc1. The Morgan fingerprint density at radius 3 is 2.36 bits per heavy atom. The molecule has 0 aliphatic rings. The molecule has 0 aliphatic carbocycles. The zero-order valence-corrected chi connectivity index (χ0v) is 15.7. The van der Waals surface area contributed by atoms with Crippen molar-refractivity contribution in [3.05, 3.63) is 77.9 Å². The molecule has 0 saturated heterocycles. The summed E-state index contributed by atoms with van der Waals surface area (Å²) in [5.74, 6) is 1.61. The molecule has 0 aliphatic heterocycles. The van der Waals surface area contributed by atoms with E-state index in [1.54, 1.807) is 14.2 Å². The van der Waals surface area contributed by atoms with Gasteiger partial charge in [0.25, 0.3) is 0 Å². The van der Waals surface area contributed by atoms with E-state index in [0.717, 1.165) is 56.5 Å². The first-order valence-corrected chi connectivity index (χ1v) is 9.18. The van der Waals surface area contributed by atoms with E-state index in [0.29, 0.717) is 0 Å². The summed E-state index contributed by atoms with van der Waals surface area (Å²) in [4.78, 5) is 4.93. The fraction of sp³-hybridized carbons (Fsp3) is 0.125. The number of rotatable bonds is 4. The first-order valence-electron chi connectivity index (χ1n) is 9.18. The highest BCUT2D eigenvalue weighted by molar-refractivity contribution is 6.09. The molecule has 138 valence electrons. The molecule has 0 N–H and O–H groups in total. The van der Waals surface area contributed by atoms with Gasteiger partial charge >= 0.3 is 0 Å². The molecule has 3 aromatic carbocycles. The lowest BCUT2D eigenvalue weighted by molar-refractivity contribution is 0.414. The molecular weight excluding hydrogens is 350 g/mol. The van der Waals surface area contributed by atoms with Crippen LogP contribution in [0, 0.1) is 0 Å². The zero-order valence-electron chi connectivity index (χ0n) is 15.7. The normalized spacial score (nSPS) is 11.4. The predicted molar refractivity (Wildman–Crippen MR) is 111 cm³/mol. The summed E-state index contributed by atoms with van der Waals surface area (Å²) in [5, 5.41) is 2.06. The number of hydrogen-bond acceptors (Lipinski definition) is 4. The van der Waals surface area contributed by atoms with E-state index in [-0.39, 0.29) is 0 Å². The molecule has 2 heterocycles. The van der Waals surface area contributed by atoms with Crippen molar-refractivity contribution in [2.24, 2.45) is 0 Å². The van der Waals surface area contributed by atoms with Crippen LogP contribution in [-0.2, 0) is 6.42 Å². The summed E-state index contributed by atoms with van der Waals surface area (Å²) in [5.41, 5.74) is 5.69. The van der Waals surface area contributed by atoms with Crippen LogP contribution in [0.4, 0.5) is 0 Å². The van der Waals surface area contributed by atoms with Crippen molar-refractivity contribution in [3.8, 4) is 11.5 Å². The molecule has 4 heteroatoms. The van der Waals surface area contributed by atoms with Crippen molar-refractivity contribution in [2.45, 2.75) is 6.42 Å². The molecule has 0 unspecified atom stereocenters. The van der Waals surface area contributed by atoms with Crippen molar-refractivity contribution in [1.82, 2.24) is 4.98 Å². The van der Waals surface area contributed by atoms with Crippen molar-refractivity contribution in [3.63, 3.8) is 0 Å². The lowest BCUT2D eigenvalue weighted by atomic mass is 9.99. The highest BCUT2D eigenvalue weighted by Gasteiger charge is 2.18. The van der Waals surface area contributed by atoms with E-state index < -0.39 is 0 Å². The second kappa shape index (κ2) is 6.57. The Balaban J connectivity index is 1.82. The molecule has 0 bridgehead atoms. The van der Waals surface area contributed by atoms with E-state index in [1.807, 2.05) is 48.5 Å². The van der Waals surface area contributed by atoms with Gasteiger partial charge in [-0.1, -0.05) is 36.4 Å². The Morgan fingerprint density at radius 1 is 0.786 bits per heavy atom. The maximum absolute atomic E-state index is 6.25. The molecule has 2 aromatic heterocycles. The molecule has 0 spiro atoms. The number of fused-ring (bicyclic) bond motifs is 4. The number of para-hydroxylation sites is 2. The van der Waals surface area contributed by atoms with Crippen LogP contribution in [0.2, 0.25) is 0 Å². The third kappa shape index (κ3) is 2.57. The van der Waals surface area contributed by atoms with Gasteiger partial charge in [0, 0.05) is 22.8 Å². The van der Waals surface area contributed by atoms with Gasteiger partial charge in [0.15, 0.2) is 5.58 Å². The van der Waals surface area contributed by atoms with E-state index in [9.17, 15) is 0 Å². The predicted octanol–water partition coefficient (Wildman–Crippen LogP) is 5.74. The standard InChI is InChI=1S/C24H19NO3/c1-26-16-12-10-15(11-13-16)14-19-17-7-5-9-21(27-2)22(17)25-23-18-6-3-4-8-20(18)28-24(19)23/h3-13H,14H2,1-2H3. The third-order valence-corrected chi connectivity index (χ3v) is 5.15. The van der Waals surface area contributed by atoms with Gasteiger partial charge in [-0.25, -0.2) is 4.98 Å². The minimum Gasteiger partial charge on any atom is -0.497 e. The average molecular weight is 369 g/mol. The number of aromatic nitrogens is 1. The number of methoxy groups -OCH3 is 2. The van der Waals surface area contributed by atoms with Gasteiger partial charge in [-0.3, -0.25) is 0 Å². The van der Waals surface area contributed by atoms with Crippen molar-refractivity contribution < 1.29 is 13.9 Å². The molecule has 5 rings (SSSR count). The molecule has 0 atom stereocenters. The minimum absolute atomic E-state index is 0.729. The van der Waals surface area contributed by atoms with Crippen LogP contribution >= 0.6 is 0 Å². The topological polar surface area (TPSA) is 44.5 Å². The maximum atomic E-state index is 6.25. The highest BCUT2D eigenvalue weighted by Crippen LogP contribution is 2.37. The van der Waals surface area contributed by atoms with Crippen LogP contribution in [0.25, 0.3) is 33.0 Å². The third-order valence-electron chi connectivity index (χ3n) is 5.15. The lowest BCUT2D eigenvalue weighted by Crippen LogP contribution is -1.95. The Morgan fingerprint density at radius 2 is 1.57 bits per heavy atom. The maximum Gasteiger partial charge on any atom is 0.158 e. The van der Waals surface area contributed by atoms with Gasteiger partial charge in [-0.15, -0.1) is 0 Å². The van der Waals surface area contributed by atoms with Gasteiger partial charge in [-0.05, 0) is 35.9 Å². The summed E-state index contributed by atoms with van der Waals surface area (Å²) >= 11 is 0. The molecule has 0 fully saturated rings. The number of benzene rings is 3. The quantitative estimate of drug-likeness (QED) is 0.405. The summed E-state index contributed by atoms with van der Waals surface area (Å²) in [7, 11) is 3.35. The second-order valence-corrected chi connectivity index (χ2v) is 6.75. The fourth-order valence-corrected chi connectivity index (χ4v) is 3.75. The number of ether oxygens (including phenoxy) is 2. The van der Waals surface area contributed by atoms with Gasteiger partial charge < -0.3 is 13.9 Å². The van der Waals surface area contributed by atoms with Crippen LogP contribution in [0.5, 0.6) is 11.5 Å². The lowest BCUT2D eigenvalue weighted by Gasteiger charge is -2.11. The highest BCUT2D eigenvalue weighted by atomic mass is 16.5. The second-order valence-electron chi connectivity index (χ2n) is 6.75. The van der Waals surface area contributed by atoms with Gasteiger partial charge in [-0.2, -0.15) is 0 Å². The van der Waals surface area contributed by atoms with Crippen molar-refractivity contribution >= 4 is 33.0 Å².